The number of nitrogens with two attached hydrogens (primary N) is 1. The third-order valence-corrected chi connectivity index (χ3v) is 3.54. The van der Waals surface area contributed by atoms with Crippen LogP contribution < -0.4 is 5.73 Å². The average Bonchev–Trinajstić information content (AvgIpc) is 2.57. The van der Waals surface area contributed by atoms with Crippen LogP contribution >= 0.6 is 27.5 Å². The number of benzene rings is 1. The van der Waals surface area contributed by atoms with Gasteiger partial charge in [0.25, 0.3) is 0 Å². The van der Waals surface area contributed by atoms with Crippen LogP contribution in [0.25, 0.3) is 5.69 Å². The summed E-state index contributed by atoms with van der Waals surface area (Å²) in [5.41, 5.74) is 7.60. The molecule has 0 unspecified atom stereocenters. The molecular formula is C13H15BrClN3. The van der Waals surface area contributed by atoms with E-state index in [1.165, 1.54) is 0 Å². The molecule has 0 aliphatic heterocycles. The molecule has 2 aromatic rings. The van der Waals surface area contributed by atoms with Crippen molar-refractivity contribution in [3.05, 3.63) is 39.5 Å². The molecule has 0 amide bonds. The van der Waals surface area contributed by atoms with Crippen molar-refractivity contribution in [2.75, 3.05) is 5.73 Å². The van der Waals surface area contributed by atoms with Gasteiger partial charge in [-0.3, -0.25) is 0 Å². The van der Waals surface area contributed by atoms with E-state index in [0.29, 0.717) is 10.8 Å². The monoisotopic (exact) mass is 327 g/mol. The Morgan fingerprint density at radius 2 is 1.78 bits per heavy atom. The Morgan fingerprint density at radius 1 is 1.22 bits per heavy atom. The summed E-state index contributed by atoms with van der Waals surface area (Å²) in [5, 5.41) is 5.06. The fourth-order valence-electron chi connectivity index (χ4n) is 1.67. The van der Waals surface area contributed by atoms with E-state index in [4.69, 9.17) is 17.3 Å². The van der Waals surface area contributed by atoms with Gasteiger partial charge in [0.1, 0.15) is 10.8 Å². The van der Waals surface area contributed by atoms with Crippen LogP contribution in [0.2, 0.25) is 5.02 Å². The molecule has 1 aromatic heterocycles. The molecule has 2 rings (SSSR count). The number of rotatable bonds is 1. The highest BCUT2D eigenvalue weighted by atomic mass is 79.9. The van der Waals surface area contributed by atoms with Crippen molar-refractivity contribution in [1.29, 1.82) is 0 Å². The minimum absolute atomic E-state index is 0.133. The molecule has 0 aliphatic rings. The number of nitrogen functional groups attached to an aromatic ring is 1. The second-order valence-electron chi connectivity index (χ2n) is 5.19. The van der Waals surface area contributed by atoms with Gasteiger partial charge in [-0.25, -0.2) is 4.68 Å². The Labute approximate surface area is 120 Å². The standard InChI is InChI=1S/C13H15BrClN3/c1-13(2,3)11-10(15)12(16)18(17-11)9-6-4-8(14)5-7-9/h4-7H,16H2,1-3H3. The Kier molecular flexibility index (Phi) is 3.43. The minimum atomic E-state index is -0.133. The number of nitrogens with zero attached hydrogens (tertiary/aromatic N) is 2. The lowest BCUT2D eigenvalue weighted by atomic mass is 9.92. The van der Waals surface area contributed by atoms with E-state index >= 15 is 0 Å². The summed E-state index contributed by atoms with van der Waals surface area (Å²) < 4.78 is 2.69. The van der Waals surface area contributed by atoms with E-state index < -0.39 is 0 Å². The van der Waals surface area contributed by atoms with Gasteiger partial charge in [-0.2, -0.15) is 5.10 Å². The molecule has 0 aliphatic carbocycles. The summed E-state index contributed by atoms with van der Waals surface area (Å²) in [7, 11) is 0. The molecule has 0 bridgehead atoms. The van der Waals surface area contributed by atoms with E-state index in [1.807, 2.05) is 24.3 Å². The van der Waals surface area contributed by atoms with Crippen molar-refractivity contribution >= 4 is 33.3 Å². The summed E-state index contributed by atoms with van der Waals surface area (Å²) in [4.78, 5) is 0. The van der Waals surface area contributed by atoms with Crippen LogP contribution in [0.15, 0.2) is 28.7 Å². The van der Waals surface area contributed by atoms with Gasteiger partial charge in [-0.05, 0) is 24.3 Å². The Morgan fingerprint density at radius 3 is 2.22 bits per heavy atom. The number of aromatic nitrogens is 2. The molecule has 18 heavy (non-hydrogen) atoms. The van der Waals surface area contributed by atoms with Gasteiger partial charge < -0.3 is 5.73 Å². The second-order valence-corrected chi connectivity index (χ2v) is 6.48. The summed E-state index contributed by atoms with van der Waals surface area (Å²) in [5.74, 6) is 0.476. The van der Waals surface area contributed by atoms with Crippen molar-refractivity contribution < 1.29 is 0 Å². The lowest BCUT2D eigenvalue weighted by molar-refractivity contribution is 0.560. The van der Waals surface area contributed by atoms with Crippen LogP contribution in [0.1, 0.15) is 26.5 Å². The normalized spacial score (nSPS) is 11.8. The largest absolute Gasteiger partial charge is 0.382 e. The first-order valence-corrected chi connectivity index (χ1v) is 6.78. The number of hydrogen-bond donors (Lipinski definition) is 1. The van der Waals surface area contributed by atoms with Crippen molar-refractivity contribution in [1.82, 2.24) is 9.78 Å². The smallest absolute Gasteiger partial charge is 0.146 e. The first kappa shape index (κ1) is 13.4. The third kappa shape index (κ3) is 2.40. The summed E-state index contributed by atoms with van der Waals surface area (Å²) >= 11 is 9.66. The molecule has 0 atom stereocenters. The van der Waals surface area contributed by atoms with Crippen molar-refractivity contribution in [2.24, 2.45) is 0 Å². The van der Waals surface area contributed by atoms with Gasteiger partial charge in [-0.15, -0.1) is 0 Å². The fourth-order valence-corrected chi connectivity index (χ4v) is 2.34. The lowest BCUT2D eigenvalue weighted by Crippen LogP contribution is -2.13. The van der Waals surface area contributed by atoms with Crippen LogP contribution in [-0.4, -0.2) is 9.78 Å². The van der Waals surface area contributed by atoms with E-state index in [2.05, 4.69) is 41.8 Å². The van der Waals surface area contributed by atoms with E-state index in [-0.39, 0.29) is 5.41 Å². The predicted octanol–water partition coefficient (Wildman–Crippen LogP) is 4.17. The Bertz CT molecular complexity index is 567. The second kappa shape index (κ2) is 4.59. The molecule has 96 valence electrons. The Balaban J connectivity index is 2.56. The minimum Gasteiger partial charge on any atom is -0.382 e. The highest BCUT2D eigenvalue weighted by molar-refractivity contribution is 9.10. The van der Waals surface area contributed by atoms with E-state index in [1.54, 1.807) is 4.68 Å². The van der Waals surface area contributed by atoms with Gasteiger partial charge in [0.15, 0.2) is 0 Å². The summed E-state index contributed by atoms with van der Waals surface area (Å²) in [6, 6.07) is 7.77. The quantitative estimate of drug-likeness (QED) is 0.854. The first-order chi connectivity index (χ1) is 8.30. The van der Waals surface area contributed by atoms with Gasteiger partial charge in [0.2, 0.25) is 0 Å². The van der Waals surface area contributed by atoms with Crippen molar-refractivity contribution in [3.8, 4) is 5.69 Å². The van der Waals surface area contributed by atoms with Crippen LogP contribution in [0.3, 0.4) is 0 Å². The van der Waals surface area contributed by atoms with Crippen LogP contribution in [-0.2, 0) is 5.41 Å². The number of halogens is 2. The highest BCUT2D eigenvalue weighted by Gasteiger charge is 2.25. The van der Waals surface area contributed by atoms with Crippen LogP contribution in [0, 0.1) is 0 Å². The van der Waals surface area contributed by atoms with E-state index in [9.17, 15) is 0 Å². The molecule has 3 nitrogen and oxygen atoms in total. The predicted molar refractivity (Wildman–Crippen MR) is 79.4 cm³/mol. The van der Waals surface area contributed by atoms with Crippen molar-refractivity contribution in [2.45, 2.75) is 26.2 Å². The lowest BCUT2D eigenvalue weighted by Gasteiger charge is -2.15. The molecule has 0 radical (unpaired) electrons. The topological polar surface area (TPSA) is 43.8 Å². The molecule has 1 aromatic carbocycles. The Hall–Kier alpha value is -1.00. The van der Waals surface area contributed by atoms with Crippen LogP contribution in [0.5, 0.6) is 0 Å². The molecule has 5 heteroatoms. The maximum atomic E-state index is 6.26. The van der Waals surface area contributed by atoms with Gasteiger partial charge in [0, 0.05) is 9.89 Å². The summed E-state index contributed by atoms with van der Waals surface area (Å²) in [6.07, 6.45) is 0. The van der Waals surface area contributed by atoms with Gasteiger partial charge in [-0.1, -0.05) is 48.3 Å². The molecular weight excluding hydrogens is 314 g/mol. The van der Waals surface area contributed by atoms with Crippen LogP contribution in [0.4, 0.5) is 5.82 Å². The maximum Gasteiger partial charge on any atom is 0.146 e. The summed E-state index contributed by atoms with van der Waals surface area (Å²) in [6.45, 7) is 6.19. The SMILES string of the molecule is CC(C)(C)c1nn(-c2ccc(Br)cc2)c(N)c1Cl. The van der Waals surface area contributed by atoms with Crippen molar-refractivity contribution in [3.63, 3.8) is 0 Å². The number of anilines is 1. The maximum absolute atomic E-state index is 6.26. The zero-order valence-electron chi connectivity index (χ0n) is 10.5. The van der Waals surface area contributed by atoms with Gasteiger partial charge >= 0.3 is 0 Å². The molecule has 1 heterocycles. The molecule has 2 N–H and O–H groups in total. The first-order valence-electron chi connectivity index (χ1n) is 5.61. The highest BCUT2D eigenvalue weighted by Crippen LogP contribution is 2.34. The van der Waals surface area contributed by atoms with E-state index in [0.717, 1.165) is 15.9 Å². The fraction of sp³-hybridized carbons (Fsp3) is 0.308. The molecule has 0 fully saturated rings. The number of hydrogen-bond acceptors (Lipinski definition) is 2. The third-order valence-electron chi connectivity index (χ3n) is 2.64. The molecule has 0 saturated carbocycles. The molecule has 0 spiro atoms. The zero-order chi connectivity index (χ0) is 13.5. The van der Waals surface area contributed by atoms with Gasteiger partial charge in [0.05, 0.1) is 11.4 Å². The molecule has 0 saturated heterocycles. The zero-order valence-corrected chi connectivity index (χ0v) is 12.9. The average molecular weight is 329 g/mol.